The van der Waals surface area contributed by atoms with E-state index in [1.807, 2.05) is 24.3 Å². The molecule has 36 heavy (non-hydrogen) atoms. The van der Waals surface area contributed by atoms with Crippen LogP contribution in [0, 0.1) is 5.82 Å². The van der Waals surface area contributed by atoms with Gasteiger partial charge in [0.25, 0.3) is 0 Å². The van der Waals surface area contributed by atoms with E-state index >= 15 is 0 Å². The summed E-state index contributed by atoms with van der Waals surface area (Å²) in [6.45, 7) is 2.92. The van der Waals surface area contributed by atoms with Gasteiger partial charge in [0.2, 0.25) is 0 Å². The number of carbonyl (C=O) groups is 1. The van der Waals surface area contributed by atoms with Crippen LogP contribution in [0.15, 0.2) is 72.8 Å². The summed E-state index contributed by atoms with van der Waals surface area (Å²) in [6.07, 6.45) is 4.73. The van der Waals surface area contributed by atoms with Crippen molar-refractivity contribution in [3.05, 3.63) is 106 Å². The van der Waals surface area contributed by atoms with Gasteiger partial charge in [-0.25, -0.2) is 9.18 Å². The van der Waals surface area contributed by atoms with E-state index in [1.54, 1.807) is 30.3 Å². The Morgan fingerprint density at radius 1 is 1.06 bits per heavy atom. The lowest BCUT2D eigenvalue weighted by molar-refractivity contribution is 0.0697. The number of rotatable bonds is 7. The third-order valence-electron chi connectivity index (χ3n) is 6.36. The number of allylic oxidation sites excluding steroid dienone is 4. The predicted octanol–water partition coefficient (Wildman–Crippen LogP) is 6.46. The Morgan fingerprint density at radius 2 is 1.83 bits per heavy atom. The van der Waals surface area contributed by atoms with Gasteiger partial charge in [0.15, 0.2) is 0 Å². The molecule has 5 nitrogen and oxygen atoms in total. The van der Waals surface area contributed by atoms with Crippen molar-refractivity contribution in [1.29, 1.82) is 0 Å². The number of hydrogen-bond acceptors (Lipinski definition) is 4. The van der Waals surface area contributed by atoms with Crippen LogP contribution < -0.4 is 9.64 Å². The quantitative estimate of drug-likeness (QED) is 0.399. The van der Waals surface area contributed by atoms with Gasteiger partial charge in [0, 0.05) is 29.4 Å². The fourth-order valence-electron chi connectivity index (χ4n) is 4.52. The molecule has 0 saturated carbocycles. The third kappa shape index (κ3) is 5.30. The predicted molar refractivity (Wildman–Crippen MR) is 139 cm³/mol. The molecule has 0 radical (unpaired) electrons. The van der Waals surface area contributed by atoms with Gasteiger partial charge in [-0.15, -0.1) is 0 Å². The van der Waals surface area contributed by atoms with Gasteiger partial charge >= 0.3 is 5.97 Å². The van der Waals surface area contributed by atoms with Gasteiger partial charge in [0.05, 0.1) is 18.8 Å². The number of hydrogen-bond donors (Lipinski definition) is 1. The van der Waals surface area contributed by atoms with E-state index in [9.17, 15) is 14.3 Å². The van der Waals surface area contributed by atoms with Crippen LogP contribution in [0.5, 0.6) is 5.75 Å². The summed E-state index contributed by atoms with van der Waals surface area (Å²) in [5.74, 6) is -0.618. The lowest BCUT2D eigenvalue weighted by Crippen LogP contribution is -2.36. The Hall–Kier alpha value is -3.61. The maximum Gasteiger partial charge on any atom is 0.335 e. The first-order valence-corrected chi connectivity index (χ1v) is 12.1. The molecule has 0 bridgehead atoms. The van der Waals surface area contributed by atoms with Crippen LogP contribution in [0.3, 0.4) is 0 Å². The average Bonchev–Trinajstić information content (AvgIpc) is 3.39. The lowest BCUT2D eigenvalue weighted by Gasteiger charge is -2.29. The normalized spacial score (nSPS) is 15.4. The number of halogens is 2. The van der Waals surface area contributed by atoms with Crippen LogP contribution in [-0.2, 0) is 11.3 Å². The van der Waals surface area contributed by atoms with E-state index < -0.39 is 5.97 Å². The van der Waals surface area contributed by atoms with E-state index in [2.05, 4.69) is 11.0 Å². The molecular weight excluding hydrogens is 481 g/mol. The summed E-state index contributed by atoms with van der Waals surface area (Å²) in [5, 5.41) is 10.4. The average molecular weight is 506 g/mol. The number of carboxylic acid groups (broad SMARTS) is 1. The zero-order valence-corrected chi connectivity index (χ0v) is 20.3. The number of aromatic carboxylic acids is 1. The van der Waals surface area contributed by atoms with Crippen LogP contribution >= 0.6 is 11.6 Å². The molecule has 0 spiro atoms. The molecule has 3 aromatic rings. The van der Waals surface area contributed by atoms with E-state index in [4.69, 9.17) is 21.1 Å². The highest BCUT2D eigenvalue weighted by molar-refractivity contribution is 6.31. The molecule has 1 heterocycles. The molecule has 1 aliphatic heterocycles. The molecule has 5 rings (SSSR count). The van der Waals surface area contributed by atoms with E-state index in [0.717, 1.165) is 33.5 Å². The summed E-state index contributed by atoms with van der Waals surface area (Å²) in [6, 6.07) is 17.1. The van der Waals surface area contributed by atoms with E-state index in [-0.39, 0.29) is 18.0 Å². The summed E-state index contributed by atoms with van der Waals surface area (Å²) < 4.78 is 24.9. The van der Waals surface area contributed by atoms with Crippen molar-refractivity contribution < 1.29 is 23.8 Å². The number of benzene rings is 3. The molecule has 1 aliphatic carbocycles. The molecule has 7 heteroatoms. The maximum atomic E-state index is 13.3. The van der Waals surface area contributed by atoms with Crippen molar-refractivity contribution in [2.45, 2.75) is 13.0 Å². The molecule has 0 unspecified atom stereocenters. The van der Waals surface area contributed by atoms with Crippen LogP contribution in [0.25, 0.3) is 11.1 Å². The second-order valence-electron chi connectivity index (χ2n) is 8.73. The first-order chi connectivity index (χ1) is 17.5. The molecule has 0 aromatic heterocycles. The van der Waals surface area contributed by atoms with E-state index in [0.29, 0.717) is 43.5 Å². The Morgan fingerprint density at radius 3 is 2.58 bits per heavy atom. The van der Waals surface area contributed by atoms with Crippen LogP contribution in [0.1, 0.15) is 33.5 Å². The standard InChI is InChI=1S/C29H25ClFNO4/c30-22-6-9-28(36-18-19-4-7-23(31)8-5-19)27(17-22)26-3-1-2-25(26)20-14-21(29(33)34)16-24(15-20)32-10-12-35-13-11-32/h1,3-9,14-17H,2,10-13,18H2,(H,33,34). The van der Waals surface area contributed by atoms with Crippen molar-refractivity contribution in [1.82, 2.24) is 0 Å². The molecule has 1 saturated heterocycles. The Kier molecular flexibility index (Phi) is 7.07. The molecule has 0 amide bonds. The fraction of sp³-hybridized carbons (Fsp3) is 0.207. The van der Waals surface area contributed by atoms with E-state index in [1.165, 1.54) is 12.1 Å². The van der Waals surface area contributed by atoms with Gasteiger partial charge < -0.3 is 19.5 Å². The minimum Gasteiger partial charge on any atom is -0.488 e. The van der Waals surface area contributed by atoms with Crippen LogP contribution in [0.2, 0.25) is 5.02 Å². The van der Waals surface area contributed by atoms with Crippen molar-refractivity contribution in [2.24, 2.45) is 0 Å². The minimum atomic E-state index is -0.967. The smallest absolute Gasteiger partial charge is 0.335 e. The topological polar surface area (TPSA) is 59.0 Å². The molecule has 184 valence electrons. The molecule has 3 aromatic carbocycles. The summed E-state index contributed by atoms with van der Waals surface area (Å²) in [5.41, 5.74) is 5.56. The maximum absolute atomic E-state index is 13.3. The molecule has 1 N–H and O–H groups in total. The van der Waals surface area contributed by atoms with Crippen LogP contribution in [0.4, 0.5) is 10.1 Å². The number of anilines is 1. The molecule has 2 aliphatic rings. The number of ether oxygens (including phenoxy) is 2. The van der Waals surface area contributed by atoms with Crippen molar-refractivity contribution >= 4 is 34.4 Å². The van der Waals surface area contributed by atoms with Gasteiger partial charge in [0.1, 0.15) is 18.2 Å². The lowest BCUT2D eigenvalue weighted by atomic mass is 9.94. The second-order valence-corrected chi connectivity index (χ2v) is 9.16. The first kappa shape index (κ1) is 24.1. The van der Waals surface area contributed by atoms with Crippen molar-refractivity contribution in [3.8, 4) is 5.75 Å². The van der Waals surface area contributed by atoms with Gasteiger partial charge in [-0.2, -0.15) is 0 Å². The minimum absolute atomic E-state index is 0.242. The van der Waals surface area contributed by atoms with Gasteiger partial charge in [-0.1, -0.05) is 35.9 Å². The number of morpholine rings is 1. The molecule has 1 fully saturated rings. The Labute approximate surface area is 214 Å². The monoisotopic (exact) mass is 505 g/mol. The number of carboxylic acids is 1. The zero-order valence-electron chi connectivity index (χ0n) is 19.5. The first-order valence-electron chi connectivity index (χ1n) is 11.8. The summed E-state index contributed by atoms with van der Waals surface area (Å²) in [4.78, 5) is 14.1. The second kappa shape index (κ2) is 10.6. The largest absolute Gasteiger partial charge is 0.488 e. The van der Waals surface area contributed by atoms with Gasteiger partial charge in [-0.3, -0.25) is 0 Å². The zero-order chi connectivity index (χ0) is 25.1. The van der Waals surface area contributed by atoms with Gasteiger partial charge in [-0.05, 0) is 77.2 Å². The SMILES string of the molecule is O=C(O)c1cc(C2=C(c3cc(Cl)ccc3OCc3ccc(F)cc3)C=CC2)cc(N2CCOCC2)c1. The molecule has 0 atom stereocenters. The van der Waals surface area contributed by atoms with Crippen molar-refractivity contribution in [3.63, 3.8) is 0 Å². The molecular formula is C29H25ClFNO4. The fourth-order valence-corrected chi connectivity index (χ4v) is 4.70. The summed E-state index contributed by atoms with van der Waals surface area (Å²) in [7, 11) is 0. The number of nitrogens with zero attached hydrogens (tertiary/aromatic N) is 1. The van der Waals surface area contributed by atoms with Crippen molar-refractivity contribution in [2.75, 3.05) is 31.2 Å². The highest BCUT2D eigenvalue weighted by atomic mass is 35.5. The summed E-state index contributed by atoms with van der Waals surface area (Å²) >= 11 is 6.38. The van der Waals surface area contributed by atoms with Crippen LogP contribution in [-0.4, -0.2) is 37.4 Å². The Balaban J connectivity index is 1.53. The highest BCUT2D eigenvalue weighted by Gasteiger charge is 2.21. The third-order valence-corrected chi connectivity index (χ3v) is 6.60. The highest BCUT2D eigenvalue weighted by Crippen LogP contribution is 2.41. The Bertz CT molecular complexity index is 1340.